The minimum absolute atomic E-state index is 0.0336. The summed E-state index contributed by atoms with van der Waals surface area (Å²) in [5.74, 6) is -1.50. The van der Waals surface area contributed by atoms with Gasteiger partial charge in [-0.2, -0.15) is 0 Å². The molecular weight excluding hydrogens is 362 g/mol. The highest BCUT2D eigenvalue weighted by Gasteiger charge is 2.18. The molecule has 1 unspecified atom stereocenters. The topological polar surface area (TPSA) is 41.6 Å². The molecule has 2 aromatic rings. The number of ether oxygens (including phenoxy) is 1. The Bertz CT molecular complexity index is 869. The summed E-state index contributed by atoms with van der Waals surface area (Å²) in [7, 11) is 0. The van der Waals surface area contributed by atoms with Crippen LogP contribution < -0.4 is 10.2 Å². The zero-order valence-electron chi connectivity index (χ0n) is 16.0. The summed E-state index contributed by atoms with van der Waals surface area (Å²) < 4.78 is 32.4. The fourth-order valence-corrected chi connectivity index (χ4v) is 3.20. The van der Waals surface area contributed by atoms with E-state index in [-0.39, 0.29) is 23.6 Å². The number of nitrogens with zero attached hydrogens (tertiary/aromatic N) is 1. The lowest BCUT2D eigenvalue weighted by Gasteiger charge is -2.33. The van der Waals surface area contributed by atoms with Crippen LogP contribution in [0.2, 0.25) is 0 Å². The van der Waals surface area contributed by atoms with Crippen LogP contribution in [0.3, 0.4) is 0 Å². The van der Waals surface area contributed by atoms with Crippen LogP contribution >= 0.6 is 0 Å². The van der Waals surface area contributed by atoms with E-state index in [1.165, 1.54) is 12.2 Å². The van der Waals surface area contributed by atoms with Crippen LogP contribution in [-0.4, -0.2) is 31.7 Å². The zero-order valence-corrected chi connectivity index (χ0v) is 16.0. The van der Waals surface area contributed by atoms with Crippen molar-refractivity contribution in [1.82, 2.24) is 5.32 Å². The summed E-state index contributed by atoms with van der Waals surface area (Å²) >= 11 is 0. The molecule has 0 bridgehead atoms. The second-order valence-electron chi connectivity index (χ2n) is 6.95. The summed E-state index contributed by atoms with van der Waals surface area (Å²) in [4.78, 5) is 14.4. The second kappa shape index (κ2) is 8.97. The molecule has 1 saturated heterocycles. The summed E-state index contributed by atoms with van der Waals surface area (Å²) in [6.07, 6.45) is 2.66. The van der Waals surface area contributed by atoms with E-state index < -0.39 is 11.6 Å². The van der Waals surface area contributed by atoms with Crippen LogP contribution in [0.1, 0.15) is 31.0 Å². The van der Waals surface area contributed by atoms with Crippen LogP contribution in [0.4, 0.5) is 14.5 Å². The van der Waals surface area contributed by atoms with Crippen molar-refractivity contribution in [1.29, 1.82) is 0 Å². The molecule has 0 radical (unpaired) electrons. The van der Waals surface area contributed by atoms with E-state index in [1.54, 1.807) is 0 Å². The van der Waals surface area contributed by atoms with Crippen LogP contribution in [0.25, 0.3) is 6.08 Å². The Hall–Kier alpha value is -2.73. The van der Waals surface area contributed by atoms with Crippen LogP contribution in [-0.2, 0) is 9.53 Å². The Morgan fingerprint density at radius 3 is 2.89 bits per heavy atom. The highest BCUT2D eigenvalue weighted by atomic mass is 19.1. The van der Waals surface area contributed by atoms with Crippen molar-refractivity contribution in [2.45, 2.75) is 26.0 Å². The molecular formula is C22H24F2N2O2. The van der Waals surface area contributed by atoms with Gasteiger partial charge in [-0.15, -0.1) is 0 Å². The first-order valence-corrected chi connectivity index (χ1v) is 9.32. The monoisotopic (exact) mass is 386 g/mol. The smallest absolute Gasteiger partial charge is 0.244 e. The van der Waals surface area contributed by atoms with E-state index in [2.05, 4.69) is 16.3 Å². The summed E-state index contributed by atoms with van der Waals surface area (Å²) in [6.45, 7) is 6.28. The largest absolute Gasteiger partial charge is 0.375 e. The molecule has 0 aromatic heterocycles. The van der Waals surface area contributed by atoms with Crippen LogP contribution in [0.15, 0.2) is 48.5 Å². The molecule has 0 spiro atoms. The fraction of sp³-hybridized carbons (Fsp3) is 0.318. The van der Waals surface area contributed by atoms with Crippen molar-refractivity contribution >= 4 is 17.7 Å². The first kappa shape index (κ1) is 20.0. The summed E-state index contributed by atoms with van der Waals surface area (Å²) in [5.41, 5.74) is 2.09. The van der Waals surface area contributed by atoms with Crippen molar-refractivity contribution in [3.63, 3.8) is 0 Å². The van der Waals surface area contributed by atoms with Gasteiger partial charge in [-0.3, -0.25) is 4.79 Å². The van der Waals surface area contributed by atoms with E-state index in [0.717, 1.165) is 42.5 Å². The van der Waals surface area contributed by atoms with E-state index >= 15 is 0 Å². The van der Waals surface area contributed by atoms with Gasteiger partial charge in [0.2, 0.25) is 5.91 Å². The van der Waals surface area contributed by atoms with Crippen molar-refractivity contribution < 1.29 is 18.3 Å². The minimum Gasteiger partial charge on any atom is -0.375 e. The lowest BCUT2D eigenvalue weighted by molar-refractivity contribution is -0.117. The molecule has 4 nitrogen and oxygen atoms in total. The Morgan fingerprint density at radius 2 is 2.11 bits per heavy atom. The normalized spacial score (nSPS) is 18.3. The average molecular weight is 386 g/mol. The standard InChI is InChI=1S/C22H24F2N2O2/c1-15-14-26(10-11-28-15)20-5-3-4-17(13-20)16(2)25-22(27)9-6-18-12-19(23)7-8-21(18)24/h3-9,12-13,15-16H,10-11,14H2,1-2H3,(H,25,27)/t15?,16-/m1/s1. The third-order valence-corrected chi connectivity index (χ3v) is 4.71. The Labute approximate surface area is 163 Å². The number of nitrogens with one attached hydrogen (secondary N) is 1. The second-order valence-corrected chi connectivity index (χ2v) is 6.95. The Kier molecular flexibility index (Phi) is 6.41. The molecule has 1 N–H and O–H groups in total. The highest BCUT2D eigenvalue weighted by molar-refractivity contribution is 5.92. The number of carbonyl (C=O) groups is 1. The Balaban J connectivity index is 1.64. The number of amides is 1. The van der Waals surface area contributed by atoms with Gasteiger partial charge in [0, 0.05) is 30.4 Å². The average Bonchev–Trinajstić information content (AvgIpc) is 2.69. The number of halogens is 2. The van der Waals surface area contributed by atoms with Gasteiger partial charge in [-0.05, 0) is 55.8 Å². The molecule has 148 valence electrons. The molecule has 2 atom stereocenters. The number of rotatable bonds is 5. The van der Waals surface area contributed by atoms with Gasteiger partial charge in [0.1, 0.15) is 11.6 Å². The predicted molar refractivity (Wildman–Crippen MR) is 106 cm³/mol. The van der Waals surface area contributed by atoms with Gasteiger partial charge >= 0.3 is 0 Å². The molecule has 3 rings (SSSR count). The van der Waals surface area contributed by atoms with Gasteiger partial charge < -0.3 is 15.0 Å². The molecule has 2 aromatic carbocycles. The number of carbonyl (C=O) groups excluding carboxylic acids is 1. The molecule has 0 aliphatic carbocycles. The third-order valence-electron chi connectivity index (χ3n) is 4.71. The number of anilines is 1. The summed E-state index contributed by atoms with van der Waals surface area (Å²) in [5, 5.41) is 2.85. The molecule has 6 heteroatoms. The lowest BCUT2D eigenvalue weighted by atomic mass is 10.1. The van der Waals surface area contributed by atoms with Crippen LogP contribution in [0, 0.1) is 11.6 Å². The van der Waals surface area contributed by atoms with Crippen molar-refractivity contribution in [3.05, 3.63) is 71.3 Å². The van der Waals surface area contributed by atoms with Crippen molar-refractivity contribution in [2.24, 2.45) is 0 Å². The van der Waals surface area contributed by atoms with Crippen molar-refractivity contribution in [2.75, 3.05) is 24.6 Å². The number of benzene rings is 2. The third kappa shape index (κ3) is 5.16. The summed E-state index contributed by atoms with van der Waals surface area (Å²) in [6, 6.07) is 10.9. The molecule has 28 heavy (non-hydrogen) atoms. The maximum absolute atomic E-state index is 13.6. The van der Waals surface area contributed by atoms with Crippen molar-refractivity contribution in [3.8, 4) is 0 Å². The van der Waals surface area contributed by atoms with Gasteiger partial charge in [0.05, 0.1) is 18.8 Å². The lowest BCUT2D eigenvalue weighted by Crippen LogP contribution is -2.41. The van der Waals surface area contributed by atoms with E-state index in [4.69, 9.17) is 4.74 Å². The Morgan fingerprint density at radius 1 is 1.29 bits per heavy atom. The highest BCUT2D eigenvalue weighted by Crippen LogP contribution is 2.22. The first-order chi connectivity index (χ1) is 13.4. The maximum atomic E-state index is 13.6. The fourth-order valence-electron chi connectivity index (χ4n) is 3.20. The van der Waals surface area contributed by atoms with E-state index in [9.17, 15) is 13.6 Å². The van der Waals surface area contributed by atoms with E-state index in [0.29, 0.717) is 6.61 Å². The predicted octanol–water partition coefficient (Wildman–Crippen LogP) is 4.08. The molecule has 1 fully saturated rings. The van der Waals surface area contributed by atoms with Crippen LogP contribution in [0.5, 0.6) is 0 Å². The van der Waals surface area contributed by atoms with E-state index in [1.807, 2.05) is 32.0 Å². The molecule has 0 saturated carbocycles. The number of hydrogen-bond acceptors (Lipinski definition) is 3. The number of hydrogen-bond donors (Lipinski definition) is 1. The quantitative estimate of drug-likeness (QED) is 0.788. The number of morpholine rings is 1. The molecule has 1 heterocycles. The van der Waals surface area contributed by atoms with Gasteiger partial charge in [-0.1, -0.05) is 12.1 Å². The van der Waals surface area contributed by atoms with Gasteiger partial charge in [0.25, 0.3) is 0 Å². The molecule has 1 amide bonds. The maximum Gasteiger partial charge on any atom is 0.244 e. The zero-order chi connectivity index (χ0) is 20.1. The van der Waals surface area contributed by atoms with Gasteiger partial charge in [-0.25, -0.2) is 8.78 Å². The van der Waals surface area contributed by atoms with Gasteiger partial charge in [0.15, 0.2) is 0 Å². The molecule has 1 aliphatic heterocycles. The minimum atomic E-state index is -0.578. The molecule has 1 aliphatic rings. The SMILES string of the molecule is CC1CN(c2cccc([C@@H](C)NC(=O)C=Cc3cc(F)ccc3F)c2)CCO1. The first-order valence-electron chi connectivity index (χ1n) is 9.32.